The van der Waals surface area contributed by atoms with Gasteiger partial charge in [0, 0.05) is 24.5 Å². The first kappa shape index (κ1) is 11.9. The molecule has 80 valence electrons. The minimum Gasteiger partial charge on any atom is -0.341 e. The number of hydrogen-bond donors (Lipinski definition) is 0. The molecule has 0 fully saturated rings. The van der Waals surface area contributed by atoms with Crippen LogP contribution in [0.1, 0.15) is 20.7 Å². The van der Waals surface area contributed by atoms with Gasteiger partial charge in [0.1, 0.15) is 0 Å². The maximum absolute atomic E-state index is 11.9. The summed E-state index contributed by atoms with van der Waals surface area (Å²) in [6.45, 7) is 0.617. The van der Waals surface area contributed by atoms with Crippen molar-refractivity contribution in [2.45, 2.75) is 0 Å². The van der Waals surface area contributed by atoms with Crippen molar-refractivity contribution in [3.8, 4) is 0 Å². The van der Waals surface area contributed by atoms with Gasteiger partial charge in [-0.15, -0.1) is 0 Å². The van der Waals surface area contributed by atoms with Crippen LogP contribution in [0.2, 0.25) is 0 Å². The zero-order valence-electron chi connectivity index (χ0n) is 8.44. The number of amides is 1. The van der Waals surface area contributed by atoms with E-state index in [-0.39, 0.29) is 5.91 Å². The summed E-state index contributed by atoms with van der Waals surface area (Å²) in [6, 6.07) is 6.80. The molecule has 1 aromatic carbocycles. The number of halogens is 1. The van der Waals surface area contributed by atoms with Gasteiger partial charge >= 0.3 is 0 Å². The first-order valence-electron chi connectivity index (χ1n) is 4.56. The second kappa shape index (κ2) is 5.66. The van der Waals surface area contributed by atoms with Gasteiger partial charge < -0.3 is 4.90 Å². The molecule has 1 amide bonds. The second-order valence-electron chi connectivity index (χ2n) is 3.12. The highest BCUT2D eigenvalue weighted by Crippen LogP contribution is 2.09. The summed E-state index contributed by atoms with van der Waals surface area (Å²) in [6.07, 6.45) is 0.704. The molecule has 0 bridgehead atoms. The van der Waals surface area contributed by atoms with Crippen molar-refractivity contribution in [3.63, 3.8) is 0 Å². The standard InChI is InChI=1S/C11H12BrNO2/c1-13(7-6-12)11(15)10-5-3-2-4-9(10)8-14/h2-5,8H,6-7H2,1H3. The molecule has 0 N–H and O–H groups in total. The SMILES string of the molecule is CN(CCBr)C(=O)c1ccccc1C=O. The Hall–Kier alpha value is -1.16. The Morgan fingerprint density at radius 1 is 1.47 bits per heavy atom. The lowest BCUT2D eigenvalue weighted by Crippen LogP contribution is -2.29. The van der Waals surface area contributed by atoms with Gasteiger partial charge in [0.05, 0.1) is 5.56 Å². The molecule has 0 unspecified atom stereocenters. The van der Waals surface area contributed by atoms with E-state index in [1.807, 2.05) is 0 Å². The van der Waals surface area contributed by atoms with E-state index in [1.54, 1.807) is 36.2 Å². The summed E-state index contributed by atoms with van der Waals surface area (Å²) >= 11 is 3.26. The first-order valence-corrected chi connectivity index (χ1v) is 5.68. The van der Waals surface area contributed by atoms with Crippen molar-refractivity contribution in [3.05, 3.63) is 35.4 Å². The summed E-state index contributed by atoms with van der Waals surface area (Å²) in [5.74, 6) is -0.128. The van der Waals surface area contributed by atoms with Crippen LogP contribution in [-0.4, -0.2) is 36.0 Å². The second-order valence-corrected chi connectivity index (χ2v) is 3.91. The highest BCUT2D eigenvalue weighted by Gasteiger charge is 2.13. The fraction of sp³-hybridized carbons (Fsp3) is 0.273. The van der Waals surface area contributed by atoms with Gasteiger partial charge in [-0.1, -0.05) is 34.1 Å². The molecule has 0 atom stereocenters. The quantitative estimate of drug-likeness (QED) is 0.619. The molecule has 1 rings (SSSR count). The maximum atomic E-state index is 11.9. The van der Waals surface area contributed by atoms with E-state index in [2.05, 4.69) is 15.9 Å². The van der Waals surface area contributed by atoms with E-state index < -0.39 is 0 Å². The van der Waals surface area contributed by atoms with Crippen LogP contribution < -0.4 is 0 Å². The van der Waals surface area contributed by atoms with E-state index >= 15 is 0 Å². The average molecular weight is 270 g/mol. The molecule has 1 aromatic rings. The zero-order valence-corrected chi connectivity index (χ0v) is 10.0. The Labute approximate surface area is 97.2 Å². The fourth-order valence-corrected chi connectivity index (χ4v) is 1.76. The smallest absolute Gasteiger partial charge is 0.254 e. The van der Waals surface area contributed by atoms with Crippen molar-refractivity contribution in [1.29, 1.82) is 0 Å². The van der Waals surface area contributed by atoms with Gasteiger partial charge in [-0.3, -0.25) is 9.59 Å². The Morgan fingerprint density at radius 3 is 2.73 bits per heavy atom. The number of hydrogen-bond acceptors (Lipinski definition) is 2. The van der Waals surface area contributed by atoms with Crippen LogP contribution in [0, 0.1) is 0 Å². The Balaban J connectivity index is 2.95. The number of alkyl halides is 1. The van der Waals surface area contributed by atoms with Crippen LogP contribution in [0.5, 0.6) is 0 Å². The van der Waals surface area contributed by atoms with Crippen molar-refractivity contribution in [1.82, 2.24) is 4.90 Å². The van der Waals surface area contributed by atoms with Gasteiger partial charge in [-0.05, 0) is 6.07 Å². The van der Waals surface area contributed by atoms with E-state index in [4.69, 9.17) is 0 Å². The molecule has 0 aromatic heterocycles. The van der Waals surface area contributed by atoms with Crippen LogP contribution in [0.15, 0.2) is 24.3 Å². The summed E-state index contributed by atoms with van der Waals surface area (Å²) in [4.78, 5) is 24.2. The zero-order chi connectivity index (χ0) is 11.3. The monoisotopic (exact) mass is 269 g/mol. The predicted molar refractivity (Wildman–Crippen MR) is 62.6 cm³/mol. The van der Waals surface area contributed by atoms with Crippen LogP contribution in [-0.2, 0) is 0 Å². The lowest BCUT2D eigenvalue weighted by atomic mass is 10.1. The molecule has 3 nitrogen and oxygen atoms in total. The lowest BCUT2D eigenvalue weighted by Gasteiger charge is -2.16. The number of carbonyl (C=O) groups is 2. The summed E-state index contributed by atoms with van der Waals surface area (Å²) in [5.41, 5.74) is 0.889. The average Bonchev–Trinajstić information content (AvgIpc) is 2.28. The third-order valence-electron chi connectivity index (χ3n) is 2.08. The van der Waals surface area contributed by atoms with E-state index in [0.717, 1.165) is 5.33 Å². The third kappa shape index (κ3) is 2.89. The number of nitrogens with zero attached hydrogens (tertiary/aromatic N) is 1. The van der Waals surface area contributed by atoms with Crippen molar-refractivity contribution in [2.24, 2.45) is 0 Å². The molecule has 0 heterocycles. The first-order chi connectivity index (χ1) is 7.20. The van der Waals surface area contributed by atoms with Gasteiger partial charge in [0.2, 0.25) is 0 Å². The van der Waals surface area contributed by atoms with Crippen LogP contribution in [0.4, 0.5) is 0 Å². The molecule has 0 radical (unpaired) electrons. The Morgan fingerprint density at radius 2 is 2.13 bits per heavy atom. The number of rotatable bonds is 4. The topological polar surface area (TPSA) is 37.4 Å². The lowest BCUT2D eigenvalue weighted by molar-refractivity contribution is 0.0801. The predicted octanol–water partition coefficient (Wildman–Crippen LogP) is 1.97. The molecular weight excluding hydrogens is 258 g/mol. The van der Waals surface area contributed by atoms with Gasteiger partial charge in [0.15, 0.2) is 6.29 Å². The van der Waals surface area contributed by atoms with Gasteiger partial charge in [-0.2, -0.15) is 0 Å². The van der Waals surface area contributed by atoms with Crippen molar-refractivity contribution < 1.29 is 9.59 Å². The van der Waals surface area contributed by atoms with E-state index in [0.29, 0.717) is 24.0 Å². The van der Waals surface area contributed by atoms with Crippen LogP contribution in [0.25, 0.3) is 0 Å². The molecule has 4 heteroatoms. The van der Waals surface area contributed by atoms with Crippen LogP contribution in [0.3, 0.4) is 0 Å². The molecule has 0 spiro atoms. The highest BCUT2D eigenvalue weighted by molar-refractivity contribution is 9.09. The Bertz CT molecular complexity index is 365. The molecule has 0 saturated carbocycles. The van der Waals surface area contributed by atoms with Crippen LogP contribution >= 0.6 is 15.9 Å². The van der Waals surface area contributed by atoms with Gasteiger partial charge in [-0.25, -0.2) is 0 Å². The van der Waals surface area contributed by atoms with E-state index in [1.165, 1.54) is 0 Å². The van der Waals surface area contributed by atoms with E-state index in [9.17, 15) is 9.59 Å². The van der Waals surface area contributed by atoms with Crippen molar-refractivity contribution in [2.75, 3.05) is 18.9 Å². The maximum Gasteiger partial charge on any atom is 0.254 e. The minimum absolute atomic E-state index is 0.128. The largest absolute Gasteiger partial charge is 0.341 e. The molecule has 0 aliphatic rings. The summed E-state index contributed by atoms with van der Waals surface area (Å²) < 4.78 is 0. The number of carbonyl (C=O) groups excluding carboxylic acids is 2. The summed E-state index contributed by atoms with van der Waals surface area (Å²) in [5, 5.41) is 0.721. The molecular formula is C11H12BrNO2. The number of aldehydes is 1. The molecule has 15 heavy (non-hydrogen) atoms. The molecule has 0 saturated heterocycles. The van der Waals surface area contributed by atoms with Crippen molar-refractivity contribution >= 4 is 28.1 Å². The normalized spacial score (nSPS) is 9.73. The van der Waals surface area contributed by atoms with Gasteiger partial charge in [0.25, 0.3) is 5.91 Å². The fourth-order valence-electron chi connectivity index (χ4n) is 1.23. The third-order valence-corrected chi connectivity index (χ3v) is 2.44. The minimum atomic E-state index is -0.128. The summed E-state index contributed by atoms with van der Waals surface area (Å²) in [7, 11) is 1.71. The highest BCUT2D eigenvalue weighted by atomic mass is 79.9. The molecule has 0 aliphatic carbocycles. The molecule has 0 aliphatic heterocycles. The Kier molecular flexibility index (Phi) is 4.49. The number of benzene rings is 1.